The highest BCUT2D eigenvalue weighted by Crippen LogP contribution is 2.44. The molecular weight excluding hydrogens is 452 g/mol. The molecule has 0 N–H and O–H groups in total. The van der Waals surface area contributed by atoms with Gasteiger partial charge in [0.15, 0.2) is 11.4 Å². The first-order valence-electron chi connectivity index (χ1n) is 13.2. The van der Waals surface area contributed by atoms with Gasteiger partial charge < -0.3 is 4.42 Å². The molecular formula is C34H35N2O+. The molecule has 37 heavy (non-hydrogen) atoms. The first-order chi connectivity index (χ1) is 17.7. The van der Waals surface area contributed by atoms with Crippen LogP contribution >= 0.6 is 0 Å². The molecule has 0 unspecified atom stereocenters. The van der Waals surface area contributed by atoms with Crippen LogP contribution in [-0.4, -0.2) is 0 Å². The zero-order valence-corrected chi connectivity index (χ0v) is 22.9. The number of pyridine rings is 1. The lowest BCUT2D eigenvalue weighted by molar-refractivity contribution is -0.667. The number of rotatable bonds is 5. The molecule has 3 aromatic carbocycles. The van der Waals surface area contributed by atoms with Crippen LogP contribution in [0.2, 0.25) is 0 Å². The van der Waals surface area contributed by atoms with E-state index in [1.807, 2.05) is 12.1 Å². The largest absolute Gasteiger partial charge is 0.456 e. The minimum absolute atomic E-state index is 0.457. The van der Waals surface area contributed by atoms with Gasteiger partial charge in [-0.2, -0.15) is 4.57 Å². The smallest absolute Gasteiger partial charge is 0.216 e. The molecule has 3 nitrogen and oxygen atoms in total. The Labute approximate surface area is 220 Å². The molecule has 0 amide bonds. The Kier molecular flexibility index (Phi) is 6.38. The summed E-state index contributed by atoms with van der Waals surface area (Å²) in [6.45, 7) is 21.1. The summed E-state index contributed by atoms with van der Waals surface area (Å²) < 4.78 is 9.05. The summed E-state index contributed by atoms with van der Waals surface area (Å²) in [6.07, 6.45) is 1.06. The number of aromatic nitrogens is 1. The lowest BCUT2D eigenvalue weighted by Crippen LogP contribution is -2.36. The molecule has 0 saturated heterocycles. The maximum atomic E-state index is 7.87. The van der Waals surface area contributed by atoms with E-state index in [4.69, 9.17) is 11.0 Å². The van der Waals surface area contributed by atoms with Crippen molar-refractivity contribution in [1.82, 2.24) is 0 Å². The Balaban J connectivity index is 1.79. The Bertz CT molecular complexity index is 1680. The van der Waals surface area contributed by atoms with E-state index in [0.29, 0.717) is 17.5 Å². The fraction of sp³-hybridized carbons (Fsp3) is 0.294. The first kappa shape index (κ1) is 24.8. The van der Waals surface area contributed by atoms with Gasteiger partial charge >= 0.3 is 0 Å². The van der Waals surface area contributed by atoms with Gasteiger partial charge in [-0.3, -0.25) is 0 Å². The minimum atomic E-state index is 0.457. The van der Waals surface area contributed by atoms with Crippen LogP contribution in [-0.2, 0) is 13.5 Å². The molecule has 0 aliphatic carbocycles. The normalized spacial score (nSPS) is 11.7. The fourth-order valence-electron chi connectivity index (χ4n) is 5.43. The molecule has 0 saturated carbocycles. The van der Waals surface area contributed by atoms with E-state index < -0.39 is 0 Å². The number of hydrogen-bond donors (Lipinski definition) is 0. The highest BCUT2D eigenvalue weighted by Gasteiger charge is 2.25. The van der Waals surface area contributed by atoms with E-state index in [-0.39, 0.29) is 0 Å². The molecule has 2 aromatic heterocycles. The Morgan fingerprint density at radius 1 is 0.811 bits per heavy atom. The quantitative estimate of drug-likeness (QED) is 0.179. The average Bonchev–Trinajstić information content (AvgIpc) is 3.25. The van der Waals surface area contributed by atoms with Crippen molar-refractivity contribution >= 4 is 27.6 Å². The van der Waals surface area contributed by atoms with Crippen LogP contribution < -0.4 is 4.57 Å². The van der Waals surface area contributed by atoms with Gasteiger partial charge in [0.05, 0.1) is 12.1 Å². The van der Waals surface area contributed by atoms with Crippen molar-refractivity contribution in [2.24, 2.45) is 13.0 Å². The Morgan fingerprint density at radius 2 is 1.46 bits per heavy atom. The third kappa shape index (κ3) is 4.21. The van der Waals surface area contributed by atoms with Crippen molar-refractivity contribution in [1.29, 1.82) is 0 Å². The molecule has 0 atom stereocenters. The average molecular weight is 488 g/mol. The first-order valence-corrected chi connectivity index (χ1v) is 13.2. The van der Waals surface area contributed by atoms with Crippen molar-refractivity contribution < 1.29 is 8.98 Å². The number of aryl methyl sites for hydroxylation is 1. The maximum Gasteiger partial charge on any atom is 0.216 e. The van der Waals surface area contributed by atoms with Crippen molar-refractivity contribution in [3.63, 3.8) is 0 Å². The standard InChI is InChI=1S/C34H35N2O/c1-20(2)19-26-14-18-30(36(8)23(26)6)31-22(5)9-15-27-28-16-17-29(35-7)32(34(28)37-33(27)31)25-12-10-24(11-13-25)21(3)4/h9-18,20-21H,19H2,1-6,8H3/q+1. The summed E-state index contributed by atoms with van der Waals surface area (Å²) in [6, 6.07) is 21.4. The van der Waals surface area contributed by atoms with Crippen molar-refractivity contribution in [3.8, 4) is 22.4 Å². The monoisotopic (exact) mass is 487 g/mol. The van der Waals surface area contributed by atoms with Gasteiger partial charge in [-0.15, -0.1) is 0 Å². The second-order valence-corrected chi connectivity index (χ2v) is 10.9. The summed E-state index contributed by atoms with van der Waals surface area (Å²) in [7, 11) is 2.15. The summed E-state index contributed by atoms with van der Waals surface area (Å²) in [5, 5.41) is 2.12. The van der Waals surface area contributed by atoms with Crippen LogP contribution in [0.4, 0.5) is 5.69 Å². The second-order valence-electron chi connectivity index (χ2n) is 10.9. The van der Waals surface area contributed by atoms with Crippen molar-refractivity contribution in [2.75, 3.05) is 0 Å². The van der Waals surface area contributed by atoms with Crippen LogP contribution in [0, 0.1) is 26.3 Å². The van der Waals surface area contributed by atoms with E-state index in [0.717, 1.165) is 50.7 Å². The van der Waals surface area contributed by atoms with Gasteiger partial charge in [0.25, 0.3) is 0 Å². The summed E-state index contributed by atoms with van der Waals surface area (Å²) in [5.41, 5.74) is 11.5. The summed E-state index contributed by atoms with van der Waals surface area (Å²) in [5.74, 6) is 1.06. The minimum Gasteiger partial charge on any atom is -0.456 e. The molecule has 0 spiro atoms. The lowest BCUT2D eigenvalue weighted by Gasteiger charge is -2.11. The molecule has 0 fully saturated rings. The van der Waals surface area contributed by atoms with E-state index in [2.05, 4.69) is 107 Å². The van der Waals surface area contributed by atoms with Gasteiger partial charge in [-0.05, 0) is 47.9 Å². The van der Waals surface area contributed by atoms with Gasteiger partial charge in [0, 0.05) is 34.9 Å². The molecule has 2 heterocycles. The zero-order chi connectivity index (χ0) is 26.4. The van der Waals surface area contributed by atoms with Gasteiger partial charge in [0.2, 0.25) is 5.69 Å². The van der Waals surface area contributed by atoms with Gasteiger partial charge in [-0.25, -0.2) is 4.85 Å². The second kappa shape index (κ2) is 9.52. The predicted octanol–water partition coefficient (Wildman–Crippen LogP) is 9.23. The third-order valence-corrected chi connectivity index (χ3v) is 7.64. The van der Waals surface area contributed by atoms with E-state index in [1.165, 1.54) is 22.4 Å². The molecule has 186 valence electrons. The van der Waals surface area contributed by atoms with Gasteiger partial charge in [0.1, 0.15) is 18.2 Å². The fourth-order valence-corrected chi connectivity index (χ4v) is 5.43. The molecule has 5 rings (SSSR count). The molecule has 0 bridgehead atoms. The molecule has 0 radical (unpaired) electrons. The number of furan rings is 1. The van der Waals surface area contributed by atoms with Crippen LogP contribution in [0.1, 0.15) is 56.0 Å². The number of nitrogens with zero attached hydrogens (tertiary/aromatic N) is 2. The Hall–Kier alpha value is -3.90. The van der Waals surface area contributed by atoms with E-state index >= 15 is 0 Å². The van der Waals surface area contributed by atoms with Crippen LogP contribution in [0.5, 0.6) is 0 Å². The van der Waals surface area contributed by atoms with Crippen LogP contribution in [0.25, 0.3) is 49.2 Å². The number of benzene rings is 3. The highest BCUT2D eigenvalue weighted by molar-refractivity contribution is 6.15. The third-order valence-electron chi connectivity index (χ3n) is 7.64. The molecule has 5 aromatic rings. The van der Waals surface area contributed by atoms with E-state index in [9.17, 15) is 0 Å². The van der Waals surface area contributed by atoms with Crippen molar-refractivity contribution in [2.45, 2.75) is 53.9 Å². The summed E-state index contributed by atoms with van der Waals surface area (Å²) >= 11 is 0. The molecule has 0 aliphatic heterocycles. The van der Waals surface area contributed by atoms with Crippen LogP contribution in [0.3, 0.4) is 0 Å². The molecule has 3 heteroatoms. The van der Waals surface area contributed by atoms with Crippen molar-refractivity contribution in [3.05, 3.63) is 94.5 Å². The highest BCUT2D eigenvalue weighted by atomic mass is 16.3. The maximum absolute atomic E-state index is 7.87. The van der Waals surface area contributed by atoms with Crippen LogP contribution in [0.15, 0.2) is 65.1 Å². The predicted molar refractivity (Wildman–Crippen MR) is 154 cm³/mol. The number of fused-ring (bicyclic) bond motifs is 3. The number of hydrogen-bond acceptors (Lipinski definition) is 1. The topological polar surface area (TPSA) is 21.4 Å². The zero-order valence-electron chi connectivity index (χ0n) is 22.9. The Morgan fingerprint density at radius 3 is 2.08 bits per heavy atom. The lowest BCUT2D eigenvalue weighted by atomic mass is 9.95. The molecule has 0 aliphatic rings. The van der Waals surface area contributed by atoms with Gasteiger partial charge in [-0.1, -0.05) is 76.2 Å². The summed E-state index contributed by atoms with van der Waals surface area (Å²) in [4.78, 5) is 3.87. The van der Waals surface area contributed by atoms with E-state index in [1.54, 1.807) is 0 Å². The SMILES string of the molecule is [C-]#[N+]c1ccc2c(oc3c(-c4ccc(CC(C)C)c(C)[n+]4C)c(C)ccc32)c1-c1ccc(C(C)C)cc1.